The van der Waals surface area contributed by atoms with Crippen molar-refractivity contribution < 1.29 is 18.0 Å². The molecule has 0 radical (unpaired) electrons. The summed E-state index contributed by atoms with van der Waals surface area (Å²) in [7, 11) is -3.51. The van der Waals surface area contributed by atoms with Crippen LogP contribution in [-0.2, 0) is 14.6 Å². The fourth-order valence-corrected chi connectivity index (χ4v) is 2.36. The normalized spacial score (nSPS) is 18.2. The van der Waals surface area contributed by atoms with Gasteiger partial charge in [0.2, 0.25) is 15.0 Å². The van der Waals surface area contributed by atoms with Gasteiger partial charge in [0.15, 0.2) is 0 Å². The third-order valence-electron chi connectivity index (χ3n) is 1.91. The van der Waals surface area contributed by atoms with Gasteiger partial charge in [0, 0.05) is 12.5 Å². The van der Waals surface area contributed by atoms with Crippen LogP contribution in [-0.4, -0.2) is 35.8 Å². The summed E-state index contributed by atoms with van der Waals surface area (Å²) in [6.07, 6.45) is 3.59. The molecule has 0 spiro atoms. The van der Waals surface area contributed by atoms with Gasteiger partial charge in [-0.15, -0.1) is 0 Å². The Morgan fingerprint density at radius 2 is 2.11 bits per heavy atom. The number of nitrogens with one attached hydrogen (secondary N) is 1. The van der Waals surface area contributed by atoms with Crippen LogP contribution in [0.25, 0.3) is 6.08 Å². The molecular weight excluding hydrogens is 278 g/mol. The van der Waals surface area contributed by atoms with Gasteiger partial charge in [0.1, 0.15) is 0 Å². The molecule has 2 rings (SSSR count). The highest BCUT2D eigenvalue weighted by atomic mass is 32.2. The molecule has 7 nitrogen and oxygen atoms in total. The first-order chi connectivity index (χ1) is 8.36. The van der Waals surface area contributed by atoms with Crippen molar-refractivity contribution in [1.29, 1.82) is 0 Å². The van der Waals surface area contributed by atoms with Crippen LogP contribution in [0.2, 0.25) is 0 Å². The summed E-state index contributed by atoms with van der Waals surface area (Å²) >= 11 is 0.734. The van der Waals surface area contributed by atoms with Crippen LogP contribution >= 0.6 is 11.8 Å². The molecule has 1 aromatic heterocycles. The number of hydrogen-bond acceptors (Lipinski definition) is 7. The summed E-state index contributed by atoms with van der Waals surface area (Å²) in [5.41, 5.74) is 0.248. The van der Waals surface area contributed by atoms with Crippen LogP contribution in [0.15, 0.2) is 22.3 Å². The van der Waals surface area contributed by atoms with E-state index >= 15 is 0 Å². The molecule has 1 aromatic rings. The average molecular weight is 285 g/mol. The maximum atomic E-state index is 11.3. The van der Waals surface area contributed by atoms with E-state index in [-0.39, 0.29) is 15.8 Å². The Hall–Kier alpha value is -1.74. The van der Waals surface area contributed by atoms with Gasteiger partial charge in [-0.1, -0.05) is 0 Å². The number of amides is 2. The molecule has 1 N–H and O–H groups in total. The van der Waals surface area contributed by atoms with E-state index in [1.807, 2.05) is 0 Å². The van der Waals surface area contributed by atoms with Crippen LogP contribution in [0.3, 0.4) is 0 Å². The van der Waals surface area contributed by atoms with Crippen molar-refractivity contribution in [2.24, 2.45) is 0 Å². The maximum Gasteiger partial charge on any atom is 0.290 e. The van der Waals surface area contributed by atoms with Crippen molar-refractivity contribution in [2.75, 3.05) is 6.26 Å². The van der Waals surface area contributed by atoms with Crippen LogP contribution in [0, 0.1) is 0 Å². The summed E-state index contributed by atoms with van der Waals surface area (Å²) in [4.78, 5) is 29.8. The molecule has 2 heterocycles. The lowest BCUT2D eigenvalue weighted by molar-refractivity contribution is -0.115. The van der Waals surface area contributed by atoms with Gasteiger partial charge in [-0.05, 0) is 23.9 Å². The highest BCUT2D eigenvalue weighted by Crippen LogP contribution is 2.24. The van der Waals surface area contributed by atoms with E-state index in [2.05, 4.69) is 15.3 Å². The van der Waals surface area contributed by atoms with E-state index in [0.717, 1.165) is 18.0 Å². The van der Waals surface area contributed by atoms with Gasteiger partial charge in [-0.3, -0.25) is 14.9 Å². The first-order valence-electron chi connectivity index (χ1n) is 4.64. The molecule has 0 aromatic carbocycles. The van der Waals surface area contributed by atoms with Crippen LogP contribution in [0.5, 0.6) is 0 Å². The van der Waals surface area contributed by atoms with E-state index < -0.39 is 21.0 Å². The number of hydrogen-bond donors (Lipinski definition) is 1. The molecule has 1 fully saturated rings. The summed E-state index contributed by atoms with van der Waals surface area (Å²) in [5, 5.41) is 1.29. The Balaban J connectivity index is 2.39. The zero-order valence-corrected chi connectivity index (χ0v) is 10.7. The minimum Gasteiger partial charge on any atom is -0.282 e. The van der Waals surface area contributed by atoms with Crippen molar-refractivity contribution in [3.8, 4) is 0 Å². The van der Waals surface area contributed by atoms with Crippen molar-refractivity contribution in [3.05, 3.63) is 22.9 Å². The van der Waals surface area contributed by atoms with Crippen LogP contribution < -0.4 is 5.32 Å². The molecule has 1 aliphatic rings. The molecule has 18 heavy (non-hydrogen) atoms. The van der Waals surface area contributed by atoms with E-state index in [4.69, 9.17) is 0 Å². The molecule has 2 amide bonds. The standard InChI is InChI=1S/C9H7N3O4S2/c1-18(15,16)8-10-3-2-5(11-8)4-6-7(13)12-9(14)17-6/h2-4H,1H3,(H,12,13,14). The van der Waals surface area contributed by atoms with Gasteiger partial charge in [0.05, 0.1) is 10.6 Å². The Bertz CT molecular complexity index is 666. The number of carbonyl (C=O) groups is 2. The number of thioether (sulfide) groups is 1. The zero-order valence-electron chi connectivity index (χ0n) is 9.08. The van der Waals surface area contributed by atoms with Crippen LogP contribution in [0.1, 0.15) is 5.69 Å². The first kappa shape index (κ1) is 12.7. The largest absolute Gasteiger partial charge is 0.290 e. The van der Waals surface area contributed by atoms with Gasteiger partial charge in [-0.2, -0.15) is 0 Å². The Morgan fingerprint density at radius 1 is 1.39 bits per heavy atom. The lowest BCUT2D eigenvalue weighted by atomic mass is 10.3. The Morgan fingerprint density at radius 3 is 2.67 bits per heavy atom. The van der Waals surface area contributed by atoms with Gasteiger partial charge in [0.25, 0.3) is 11.1 Å². The monoisotopic (exact) mass is 285 g/mol. The Kier molecular flexibility index (Phi) is 3.18. The second-order valence-electron chi connectivity index (χ2n) is 3.39. The highest BCUT2D eigenvalue weighted by Gasteiger charge is 2.25. The van der Waals surface area contributed by atoms with E-state index in [0.29, 0.717) is 0 Å². The van der Waals surface area contributed by atoms with Gasteiger partial charge < -0.3 is 0 Å². The lowest BCUT2D eigenvalue weighted by Gasteiger charge is -1.98. The SMILES string of the molecule is CS(=O)(=O)c1nccc(C=C2SC(=O)NC2=O)n1. The minimum atomic E-state index is -3.51. The summed E-state index contributed by atoms with van der Waals surface area (Å²) in [6, 6.07) is 1.44. The molecular formula is C9H7N3O4S2. The molecule has 1 saturated heterocycles. The third-order valence-corrected chi connectivity index (χ3v) is 3.58. The van der Waals surface area contributed by atoms with E-state index in [1.165, 1.54) is 18.3 Å². The van der Waals surface area contributed by atoms with Gasteiger partial charge in [-0.25, -0.2) is 18.4 Å². The molecule has 1 aliphatic heterocycles. The topological polar surface area (TPSA) is 106 Å². The number of sulfone groups is 1. The van der Waals surface area contributed by atoms with E-state index in [1.54, 1.807) is 0 Å². The Labute approximate surface area is 107 Å². The molecule has 0 unspecified atom stereocenters. The summed E-state index contributed by atoms with van der Waals surface area (Å²) in [6.45, 7) is 0. The predicted octanol–water partition coefficient (Wildman–Crippen LogP) is 0.204. The van der Waals surface area contributed by atoms with Crippen molar-refractivity contribution in [2.45, 2.75) is 5.16 Å². The molecule has 0 atom stereocenters. The summed E-state index contributed by atoms with van der Waals surface area (Å²) < 4.78 is 22.5. The molecule has 9 heteroatoms. The molecule has 0 bridgehead atoms. The molecule has 0 aliphatic carbocycles. The van der Waals surface area contributed by atoms with E-state index in [9.17, 15) is 18.0 Å². The third kappa shape index (κ3) is 2.74. The first-order valence-corrected chi connectivity index (χ1v) is 7.35. The minimum absolute atomic E-state index is 0.165. The quantitative estimate of drug-likeness (QED) is 0.611. The molecule has 94 valence electrons. The zero-order chi connectivity index (χ0) is 13.3. The predicted molar refractivity (Wildman–Crippen MR) is 64.2 cm³/mol. The lowest BCUT2D eigenvalue weighted by Crippen LogP contribution is -2.17. The van der Waals surface area contributed by atoms with Crippen molar-refractivity contribution in [3.63, 3.8) is 0 Å². The van der Waals surface area contributed by atoms with Crippen molar-refractivity contribution in [1.82, 2.24) is 15.3 Å². The maximum absolute atomic E-state index is 11.3. The van der Waals surface area contributed by atoms with Gasteiger partial charge >= 0.3 is 0 Å². The second-order valence-corrected chi connectivity index (χ2v) is 6.31. The molecule has 0 saturated carbocycles. The average Bonchev–Trinajstić information content (AvgIpc) is 2.56. The number of nitrogens with zero attached hydrogens (tertiary/aromatic N) is 2. The number of aromatic nitrogens is 2. The van der Waals surface area contributed by atoms with Crippen LogP contribution in [0.4, 0.5) is 4.79 Å². The summed E-state index contributed by atoms with van der Waals surface area (Å²) in [5.74, 6) is -0.524. The number of rotatable bonds is 2. The fourth-order valence-electron chi connectivity index (χ4n) is 1.17. The fraction of sp³-hybridized carbons (Fsp3) is 0.111. The smallest absolute Gasteiger partial charge is 0.282 e. The number of imide groups is 1. The second kappa shape index (κ2) is 4.50. The van der Waals surface area contributed by atoms with Crippen molar-refractivity contribution >= 4 is 38.8 Å². The number of carbonyl (C=O) groups excluding carboxylic acids is 2. The highest BCUT2D eigenvalue weighted by molar-refractivity contribution is 8.18.